The third kappa shape index (κ3) is 1.61. The lowest BCUT2D eigenvalue weighted by molar-refractivity contribution is -0.115. The minimum Gasteiger partial charge on any atom is -0.368 e. The standard InChI is InChI=1S/C9H11N3O/c1-6-2-3-7-9(11-6)10-5-4-8(13)12-7/h2-3H,4-5H2,1H3,(H,10,11)(H,12,13). The Bertz CT molecular complexity index is 349. The van der Waals surface area contributed by atoms with E-state index >= 15 is 0 Å². The van der Waals surface area contributed by atoms with Gasteiger partial charge < -0.3 is 10.6 Å². The summed E-state index contributed by atoms with van der Waals surface area (Å²) in [6.07, 6.45) is 0.495. The van der Waals surface area contributed by atoms with Crippen molar-refractivity contribution in [3.05, 3.63) is 17.8 Å². The SMILES string of the molecule is Cc1ccc2c(n1)NCCC(=O)N2. The number of nitrogens with one attached hydrogen (secondary N) is 2. The number of rotatable bonds is 0. The van der Waals surface area contributed by atoms with Crippen LogP contribution in [0.5, 0.6) is 0 Å². The first-order chi connectivity index (χ1) is 6.25. The second-order valence-corrected chi connectivity index (χ2v) is 3.07. The van der Waals surface area contributed by atoms with Gasteiger partial charge in [0.1, 0.15) is 5.82 Å². The largest absolute Gasteiger partial charge is 0.368 e. The molecule has 2 N–H and O–H groups in total. The van der Waals surface area contributed by atoms with Gasteiger partial charge in [-0.3, -0.25) is 4.79 Å². The first kappa shape index (κ1) is 8.04. The van der Waals surface area contributed by atoms with E-state index in [1.807, 2.05) is 19.1 Å². The van der Waals surface area contributed by atoms with Crippen LogP contribution >= 0.6 is 0 Å². The Labute approximate surface area is 76.4 Å². The summed E-state index contributed by atoms with van der Waals surface area (Å²) in [5, 5.41) is 5.89. The van der Waals surface area contributed by atoms with Gasteiger partial charge in [0.15, 0.2) is 0 Å². The van der Waals surface area contributed by atoms with Crippen LogP contribution in [0.4, 0.5) is 11.5 Å². The molecule has 0 spiro atoms. The number of nitrogens with zero attached hydrogens (tertiary/aromatic N) is 1. The average Bonchev–Trinajstić information content (AvgIpc) is 2.25. The number of hydrogen-bond donors (Lipinski definition) is 2. The van der Waals surface area contributed by atoms with Gasteiger partial charge in [-0.25, -0.2) is 4.98 Å². The van der Waals surface area contributed by atoms with Crippen LogP contribution in [-0.2, 0) is 4.79 Å². The zero-order valence-corrected chi connectivity index (χ0v) is 7.42. The zero-order chi connectivity index (χ0) is 9.26. The second-order valence-electron chi connectivity index (χ2n) is 3.07. The van der Waals surface area contributed by atoms with Crippen molar-refractivity contribution in [1.82, 2.24) is 4.98 Å². The van der Waals surface area contributed by atoms with E-state index in [1.165, 1.54) is 0 Å². The number of aryl methyl sites for hydroxylation is 1. The molecule has 1 aliphatic rings. The van der Waals surface area contributed by atoms with Crippen LogP contribution < -0.4 is 10.6 Å². The first-order valence-corrected chi connectivity index (χ1v) is 4.27. The molecule has 0 saturated heterocycles. The van der Waals surface area contributed by atoms with Crippen molar-refractivity contribution in [2.24, 2.45) is 0 Å². The normalized spacial score (nSPS) is 15.3. The highest BCUT2D eigenvalue weighted by molar-refractivity contribution is 5.95. The predicted octanol–water partition coefficient (Wildman–Crippen LogP) is 1.14. The summed E-state index contributed by atoms with van der Waals surface area (Å²) < 4.78 is 0. The lowest BCUT2D eigenvalue weighted by Gasteiger charge is -2.06. The molecule has 0 saturated carbocycles. The molecule has 2 heterocycles. The maximum absolute atomic E-state index is 11.2. The first-order valence-electron chi connectivity index (χ1n) is 4.27. The minimum absolute atomic E-state index is 0.0388. The fraction of sp³-hybridized carbons (Fsp3) is 0.333. The van der Waals surface area contributed by atoms with E-state index in [0.29, 0.717) is 13.0 Å². The van der Waals surface area contributed by atoms with Crippen molar-refractivity contribution >= 4 is 17.4 Å². The number of amides is 1. The maximum Gasteiger partial charge on any atom is 0.226 e. The van der Waals surface area contributed by atoms with Gasteiger partial charge in [0.05, 0.1) is 5.69 Å². The molecule has 1 amide bonds. The maximum atomic E-state index is 11.2. The lowest BCUT2D eigenvalue weighted by atomic mass is 10.3. The van der Waals surface area contributed by atoms with Crippen molar-refractivity contribution in [1.29, 1.82) is 0 Å². The van der Waals surface area contributed by atoms with Crippen molar-refractivity contribution in [2.75, 3.05) is 17.2 Å². The topological polar surface area (TPSA) is 54.0 Å². The van der Waals surface area contributed by atoms with Crippen LogP contribution in [0.15, 0.2) is 12.1 Å². The second kappa shape index (κ2) is 3.05. The molecular weight excluding hydrogens is 166 g/mol. The molecule has 0 unspecified atom stereocenters. The summed E-state index contributed by atoms with van der Waals surface area (Å²) in [7, 11) is 0. The molecule has 0 atom stereocenters. The smallest absolute Gasteiger partial charge is 0.226 e. The highest BCUT2D eigenvalue weighted by atomic mass is 16.1. The van der Waals surface area contributed by atoms with Crippen LogP contribution in [0.3, 0.4) is 0 Å². The molecule has 68 valence electrons. The molecule has 0 bridgehead atoms. The Morgan fingerprint density at radius 3 is 3.15 bits per heavy atom. The monoisotopic (exact) mass is 177 g/mol. The molecular formula is C9H11N3O. The number of aromatic nitrogens is 1. The van der Waals surface area contributed by atoms with Gasteiger partial charge in [-0.05, 0) is 19.1 Å². The van der Waals surface area contributed by atoms with E-state index in [9.17, 15) is 4.79 Å². The molecule has 13 heavy (non-hydrogen) atoms. The van der Waals surface area contributed by atoms with Crippen LogP contribution in [0.25, 0.3) is 0 Å². The molecule has 4 nitrogen and oxygen atoms in total. The average molecular weight is 177 g/mol. The lowest BCUT2D eigenvalue weighted by Crippen LogP contribution is -2.10. The van der Waals surface area contributed by atoms with E-state index in [-0.39, 0.29) is 5.91 Å². The summed E-state index contributed by atoms with van der Waals surface area (Å²) in [5.41, 5.74) is 1.72. The van der Waals surface area contributed by atoms with Crippen LogP contribution in [0, 0.1) is 6.92 Å². The Morgan fingerprint density at radius 1 is 1.46 bits per heavy atom. The van der Waals surface area contributed by atoms with E-state index in [1.54, 1.807) is 0 Å². The molecule has 0 fully saturated rings. The fourth-order valence-electron chi connectivity index (χ4n) is 1.30. The Morgan fingerprint density at radius 2 is 2.31 bits per heavy atom. The van der Waals surface area contributed by atoms with Crippen molar-refractivity contribution in [3.8, 4) is 0 Å². The van der Waals surface area contributed by atoms with Crippen LogP contribution in [0.2, 0.25) is 0 Å². The number of pyridine rings is 1. The molecule has 0 radical (unpaired) electrons. The molecule has 1 aliphatic heterocycles. The summed E-state index contributed by atoms with van der Waals surface area (Å²) >= 11 is 0. The molecule has 1 aromatic rings. The fourth-order valence-corrected chi connectivity index (χ4v) is 1.30. The molecule has 4 heteroatoms. The van der Waals surface area contributed by atoms with Gasteiger partial charge in [-0.1, -0.05) is 0 Å². The van der Waals surface area contributed by atoms with Crippen molar-refractivity contribution in [3.63, 3.8) is 0 Å². The summed E-state index contributed by atoms with van der Waals surface area (Å²) in [6.45, 7) is 2.57. The number of carbonyl (C=O) groups excluding carboxylic acids is 1. The zero-order valence-electron chi connectivity index (χ0n) is 7.42. The Kier molecular flexibility index (Phi) is 1.88. The van der Waals surface area contributed by atoms with Gasteiger partial charge >= 0.3 is 0 Å². The van der Waals surface area contributed by atoms with E-state index in [2.05, 4.69) is 15.6 Å². The van der Waals surface area contributed by atoms with E-state index < -0.39 is 0 Å². The van der Waals surface area contributed by atoms with Crippen molar-refractivity contribution in [2.45, 2.75) is 13.3 Å². The Balaban J connectivity index is 2.40. The number of hydrogen-bond acceptors (Lipinski definition) is 3. The number of carbonyl (C=O) groups is 1. The quantitative estimate of drug-likeness (QED) is 0.625. The van der Waals surface area contributed by atoms with Gasteiger partial charge in [-0.2, -0.15) is 0 Å². The van der Waals surface area contributed by atoms with Gasteiger partial charge in [0.2, 0.25) is 5.91 Å². The van der Waals surface area contributed by atoms with Crippen LogP contribution in [-0.4, -0.2) is 17.4 Å². The minimum atomic E-state index is 0.0388. The third-order valence-electron chi connectivity index (χ3n) is 1.95. The van der Waals surface area contributed by atoms with Gasteiger partial charge in [-0.15, -0.1) is 0 Å². The predicted molar refractivity (Wildman–Crippen MR) is 50.7 cm³/mol. The molecule has 0 aliphatic carbocycles. The highest BCUT2D eigenvalue weighted by Gasteiger charge is 2.12. The third-order valence-corrected chi connectivity index (χ3v) is 1.95. The van der Waals surface area contributed by atoms with Gasteiger partial charge in [0.25, 0.3) is 0 Å². The van der Waals surface area contributed by atoms with E-state index in [0.717, 1.165) is 17.2 Å². The molecule has 0 aromatic carbocycles. The summed E-state index contributed by atoms with van der Waals surface area (Å²) in [6, 6.07) is 3.75. The summed E-state index contributed by atoms with van der Waals surface area (Å²) in [4.78, 5) is 15.4. The Hall–Kier alpha value is -1.58. The molecule has 2 rings (SSSR count). The van der Waals surface area contributed by atoms with E-state index in [4.69, 9.17) is 0 Å². The van der Waals surface area contributed by atoms with Crippen molar-refractivity contribution < 1.29 is 4.79 Å². The highest BCUT2D eigenvalue weighted by Crippen LogP contribution is 2.21. The van der Waals surface area contributed by atoms with Gasteiger partial charge in [0, 0.05) is 18.7 Å². The molecule has 1 aromatic heterocycles. The number of fused-ring (bicyclic) bond motifs is 1. The van der Waals surface area contributed by atoms with Crippen LogP contribution in [0.1, 0.15) is 12.1 Å². The number of anilines is 2. The summed E-state index contributed by atoms with van der Waals surface area (Å²) in [5.74, 6) is 0.808.